The van der Waals surface area contributed by atoms with E-state index in [9.17, 15) is 4.79 Å². The molecule has 136 valence electrons. The van der Waals surface area contributed by atoms with Crippen LogP contribution in [0.2, 0.25) is 10.2 Å². The van der Waals surface area contributed by atoms with Gasteiger partial charge in [-0.25, -0.2) is 4.68 Å². The summed E-state index contributed by atoms with van der Waals surface area (Å²) >= 11 is 12.7. The van der Waals surface area contributed by atoms with Crippen molar-refractivity contribution in [3.8, 4) is 0 Å². The molecule has 0 aliphatic heterocycles. The van der Waals surface area contributed by atoms with Crippen molar-refractivity contribution in [2.75, 3.05) is 7.05 Å². The van der Waals surface area contributed by atoms with Crippen LogP contribution in [0, 0.1) is 13.8 Å². The summed E-state index contributed by atoms with van der Waals surface area (Å²) in [6.07, 6.45) is 0. The molecular formula is C18H18Cl2N4O2. The van der Waals surface area contributed by atoms with E-state index in [-0.39, 0.29) is 11.1 Å². The summed E-state index contributed by atoms with van der Waals surface area (Å²) in [4.78, 5) is 14.4. The number of aryl methyl sites for hydroxylation is 2. The molecule has 0 radical (unpaired) electrons. The summed E-state index contributed by atoms with van der Waals surface area (Å²) in [5, 5.41) is 9.23. The van der Waals surface area contributed by atoms with Crippen molar-refractivity contribution >= 4 is 29.1 Å². The van der Waals surface area contributed by atoms with E-state index in [0.717, 1.165) is 5.56 Å². The maximum atomic E-state index is 12.8. The fourth-order valence-corrected chi connectivity index (χ4v) is 3.20. The predicted molar refractivity (Wildman–Crippen MR) is 99.6 cm³/mol. The number of aromatic nitrogens is 3. The molecule has 26 heavy (non-hydrogen) atoms. The molecule has 0 fully saturated rings. The Kier molecular flexibility index (Phi) is 5.34. The highest BCUT2D eigenvalue weighted by Gasteiger charge is 2.24. The van der Waals surface area contributed by atoms with Gasteiger partial charge in [0.05, 0.1) is 24.3 Å². The van der Waals surface area contributed by atoms with Crippen LogP contribution in [0.5, 0.6) is 0 Å². The van der Waals surface area contributed by atoms with Crippen molar-refractivity contribution in [1.29, 1.82) is 0 Å². The van der Waals surface area contributed by atoms with Crippen LogP contribution >= 0.6 is 23.2 Å². The minimum absolute atomic E-state index is 0.224. The molecule has 0 N–H and O–H groups in total. The van der Waals surface area contributed by atoms with Crippen molar-refractivity contribution in [1.82, 2.24) is 19.8 Å². The Morgan fingerprint density at radius 2 is 2.00 bits per heavy atom. The van der Waals surface area contributed by atoms with Gasteiger partial charge in [0.1, 0.15) is 16.6 Å². The van der Waals surface area contributed by atoms with E-state index in [1.165, 1.54) is 4.90 Å². The molecule has 0 saturated carbocycles. The fraction of sp³-hybridized carbons (Fsp3) is 0.278. The molecule has 8 heteroatoms. The Bertz CT molecular complexity index is 949. The first kappa shape index (κ1) is 18.5. The van der Waals surface area contributed by atoms with E-state index in [1.54, 1.807) is 37.7 Å². The molecule has 0 unspecified atom stereocenters. The summed E-state index contributed by atoms with van der Waals surface area (Å²) in [5.41, 5.74) is 2.50. The van der Waals surface area contributed by atoms with Crippen LogP contribution in [0.15, 0.2) is 34.9 Å². The van der Waals surface area contributed by atoms with E-state index < -0.39 is 0 Å². The number of rotatable bonds is 5. The van der Waals surface area contributed by atoms with Gasteiger partial charge in [0, 0.05) is 18.1 Å². The first-order chi connectivity index (χ1) is 12.4. The largest absolute Gasteiger partial charge is 0.361 e. The Hall–Kier alpha value is -2.31. The molecule has 0 aliphatic rings. The number of nitrogens with zero attached hydrogens (tertiary/aromatic N) is 4. The van der Waals surface area contributed by atoms with Gasteiger partial charge in [0.2, 0.25) is 0 Å². The van der Waals surface area contributed by atoms with Gasteiger partial charge in [-0.2, -0.15) is 5.10 Å². The number of carbonyl (C=O) groups is 1. The van der Waals surface area contributed by atoms with Gasteiger partial charge in [-0.3, -0.25) is 4.79 Å². The standard InChI is InChI=1S/C18H18Cl2N4O2/c1-11-8-14(22-26-11)10-23(3)18(25)16-12(2)21-24(17(16)20)9-13-6-4-5-7-15(13)19/h4-8H,9-10H2,1-3H3. The SMILES string of the molecule is Cc1cc(CN(C)C(=O)c2c(C)nn(Cc3ccccc3Cl)c2Cl)no1. The second kappa shape index (κ2) is 7.51. The molecule has 3 aromatic rings. The molecule has 6 nitrogen and oxygen atoms in total. The minimum atomic E-state index is -0.224. The summed E-state index contributed by atoms with van der Waals surface area (Å²) in [6, 6.07) is 9.25. The van der Waals surface area contributed by atoms with E-state index in [2.05, 4.69) is 10.3 Å². The predicted octanol–water partition coefficient (Wildman–Crippen LogP) is 4.12. The van der Waals surface area contributed by atoms with Crippen LogP contribution in [0.3, 0.4) is 0 Å². The summed E-state index contributed by atoms with van der Waals surface area (Å²) < 4.78 is 6.62. The number of benzene rings is 1. The molecule has 0 spiro atoms. The maximum absolute atomic E-state index is 12.8. The van der Waals surface area contributed by atoms with Gasteiger partial charge < -0.3 is 9.42 Å². The lowest BCUT2D eigenvalue weighted by molar-refractivity contribution is 0.0781. The number of halogens is 2. The average Bonchev–Trinajstić information content (AvgIpc) is 3.12. The second-order valence-corrected chi connectivity index (χ2v) is 6.86. The molecule has 0 aliphatic carbocycles. The lowest BCUT2D eigenvalue weighted by Gasteiger charge is -2.15. The minimum Gasteiger partial charge on any atom is -0.361 e. The van der Waals surface area contributed by atoms with Crippen molar-refractivity contribution in [2.45, 2.75) is 26.9 Å². The fourth-order valence-electron chi connectivity index (χ4n) is 2.69. The smallest absolute Gasteiger partial charge is 0.258 e. The molecule has 1 aromatic carbocycles. The van der Waals surface area contributed by atoms with Gasteiger partial charge in [0.25, 0.3) is 5.91 Å². The van der Waals surface area contributed by atoms with Crippen molar-refractivity contribution in [3.63, 3.8) is 0 Å². The zero-order valence-corrected chi connectivity index (χ0v) is 16.2. The van der Waals surface area contributed by atoms with Gasteiger partial charge >= 0.3 is 0 Å². The summed E-state index contributed by atoms with van der Waals surface area (Å²) in [7, 11) is 1.69. The lowest BCUT2D eigenvalue weighted by atomic mass is 10.2. The van der Waals surface area contributed by atoms with Crippen LogP contribution in [0.1, 0.15) is 33.1 Å². The van der Waals surface area contributed by atoms with E-state index in [0.29, 0.717) is 40.8 Å². The van der Waals surface area contributed by atoms with Crippen LogP contribution in [-0.2, 0) is 13.1 Å². The molecule has 2 aromatic heterocycles. The van der Waals surface area contributed by atoms with Gasteiger partial charge in [0.15, 0.2) is 0 Å². The molecule has 0 saturated heterocycles. The third-order valence-corrected chi connectivity index (χ3v) is 4.73. The highest BCUT2D eigenvalue weighted by atomic mass is 35.5. The Morgan fingerprint density at radius 1 is 1.27 bits per heavy atom. The Balaban J connectivity index is 1.82. The first-order valence-corrected chi connectivity index (χ1v) is 8.76. The first-order valence-electron chi connectivity index (χ1n) is 8.00. The quantitative estimate of drug-likeness (QED) is 0.654. The second-order valence-electron chi connectivity index (χ2n) is 6.09. The zero-order chi connectivity index (χ0) is 18.8. The van der Waals surface area contributed by atoms with Crippen LogP contribution in [-0.4, -0.2) is 32.8 Å². The highest BCUT2D eigenvalue weighted by Crippen LogP contribution is 2.24. The van der Waals surface area contributed by atoms with Crippen molar-refractivity contribution in [2.24, 2.45) is 0 Å². The summed E-state index contributed by atoms with van der Waals surface area (Å²) in [6.45, 7) is 4.27. The maximum Gasteiger partial charge on any atom is 0.258 e. The lowest BCUT2D eigenvalue weighted by Crippen LogP contribution is -2.27. The highest BCUT2D eigenvalue weighted by molar-refractivity contribution is 6.33. The third kappa shape index (κ3) is 3.76. The molecule has 2 heterocycles. The van der Waals surface area contributed by atoms with E-state index in [4.69, 9.17) is 27.7 Å². The van der Waals surface area contributed by atoms with Gasteiger partial charge in [-0.05, 0) is 25.5 Å². The van der Waals surface area contributed by atoms with E-state index in [1.807, 2.05) is 18.2 Å². The summed E-state index contributed by atoms with van der Waals surface area (Å²) in [5.74, 6) is 0.473. The Morgan fingerprint density at radius 3 is 2.65 bits per heavy atom. The normalized spacial score (nSPS) is 11.0. The van der Waals surface area contributed by atoms with E-state index >= 15 is 0 Å². The topological polar surface area (TPSA) is 64.2 Å². The monoisotopic (exact) mass is 392 g/mol. The zero-order valence-electron chi connectivity index (χ0n) is 14.7. The molecule has 1 amide bonds. The van der Waals surface area contributed by atoms with Crippen molar-refractivity contribution in [3.05, 3.63) is 68.8 Å². The molecular weight excluding hydrogens is 375 g/mol. The van der Waals surface area contributed by atoms with Crippen LogP contribution < -0.4 is 0 Å². The van der Waals surface area contributed by atoms with Crippen molar-refractivity contribution < 1.29 is 9.32 Å². The number of carbonyl (C=O) groups excluding carboxylic acids is 1. The van der Waals surface area contributed by atoms with Crippen LogP contribution in [0.4, 0.5) is 0 Å². The third-order valence-electron chi connectivity index (χ3n) is 3.98. The molecule has 0 bridgehead atoms. The van der Waals surface area contributed by atoms with Gasteiger partial charge in [-0.1, -0.05) is 46.6 Å². The van der Waals surface area contributed by atoms with Gasteiger partial charge in [-0.15, -0.1) is 0 Å². The van der Waals surface area contributed by atoms with Crippen LogP contribution in [0.25, 0.3) is 0 Å². The average molecular weight is 393 g/mol. The molecule has 3 rings (SSSR count). The number of hydrogen-bond acceptors (Lipinski definition) is 4. The number of amides is 1. The molecule has 0 atom stereocenters. The number of hydrogen-bond donors (Lipinski definition) is 0. The Labute approximate surface area is 161 Å².